The van der Waals surface area contributed by atoms with E-state index in [9.17, 15) is 4.79 Å². The number of benzene rings is 1. The van der Waals surface area contributed by atoms with Crippen LogP contribution in [0.2, 0.25) is 0 Å². The fourth-order valence-corrected chi connectivity index (χ4v) is 2.82. The van der Waals surface area contributed by atoms with Crippen LogP contribution in [0.15, 0.2) is 24.3 Å². The van der Waals surface area contributed by atoms with Crippen molar-refractivity contribution in [1.82, 2.24) is 5.32 Å². The lowest BCUT2D eigenvalue weighted by molar-refractivity contribution is -0.122. The minimum Gasteiger partial charge on any atom is -0.375 e. The number of amides is 1. The Morgan fingerprint density at radius 1 is 1.35 bits per heavy atom. The summed E-state index contributed by atoms with van der Waals surface area (Å²) >= 11 is 0. The highest BCUT2D eigenvalue weighted by Crippen LogP contribution is 2.32. The maximum absolute atomic E-state index is 12.5. The Bertz CT molecular complexity index is 486. The first-order valence-electron chi connectivity index (χ1n) is 7.18. The summed E-state index contributed by atoms with van der Waals surface area (Å²) in [6, 6.07) is 8.07. The number of carbonyl (C=O) groups excluding carboxylic acids is 1. The number of para-hydroxylation sites is 2. The van der Waals surface area contributed by atoms with Gasteiger partial charge in [0.25, 0.3) is 0 Å². The fourth-order valence-electron chi connectivity index (χ4n) is 2.82. The third kappa shape index (κ3) is 2.64. The summed E-state index contributed by atoms with van der Waals surface area (Å²) in [6.45, 7) is 3.94. The van der Waals surface area contributed by atoms with Crippen molar-refractivity contribution < 1.29 is 9.53 Å². The monoisotopic (exact) mass is 275 g/mol. The molecule has 0 aliphatic carbocycles. The average molecular weight is 275 g/mol. The quantitative estimate of drug-likeness (QED) is 0.869. The smallest absolute Gasteiger partial charge is 0.229 e. The van der Waals surface area contributed by atoms with Crippen LogP contribution in [0.5, 0.6) is 0 Å². The standard InChI is InChI=1S/C15H21N3O2/c1-17-7-8-18(14-5-3-2-4-13(14)17)15(19)10-12-11-16-6-9-20-12/h2-5,12,16H,6-11H2,1H3. The molecule has 1 amide bonds. The maximum atomic E-state index is 12.5. The molecule has 0 spiro atoms. The van der Waals surface area contributed by atoms with Gasteiger partial charge in [0, 0.05) is 33.2 Å². The van der Waals surface area contributed by atoms with Crippen LogP contribution in [0.4, 0.5) is 11.4 Å². The third-order valence-corrected chi connectivity index (χ3v) is 3.95. The van der Waals surface area contributed by atoms with E-state index in [1.807, 2.05) is 23.1 Å². The molecular weight excluding hydrogens is 254 g/mol. The second-order valence-electron chi connectivity index (χ2n) is 5.36. The molecule has 20 heavy (non-hydrogen) atoms. The van der Waals surface area contributed by atoms with Gasteiger partial charge < -0.3 is 19.9 Å². The molecule has 5 nitrogen and oxygen atoms in total. The summed E-state index contributed by atoms with van der Waals surface area (Å²) in [5.41, 5.74) is 2.13. The van der Waals surface area contributed by atoms with Crippen molar-refractivity contribution >= 4 is 17.3 Å². The zero-order valence-electron chi connectivity index (χ0n) is 11.8. The van der Waals surface area contributed by atoms with Gasteiger partial charge in [-0.1, -0.05) is 12.1 Å². The Morgan fingerprint density at radius 3 is 2.90 bits per heavy atom. The number of anilines is 2. The molecule has 5 heteroatoms. The number of rotatable bonds is 2. The first-order valence-corrected chi connectivity index (χ1v) is 7.18. The minimum absolute atomic E-state index is 0.00284. The van der Waals surface area contributed by atoms with E-state index < -0.39 is 0 Å². The van der Waals surface area contributed by atoms with Gasteiger partial charge in [-0.25, -0.2) is 0 Å². The Morgan fingerprint density at radius 2 is 2.15 bits per heavy atom. The van der Waals surface area contributed by atoms with Crippen LogP contribution in [0.25, 0.3) is 0 Å². The van der Waals surface area contributed by atoms with Crippen molar-refractivity contribution in [1.29, 1.82) is 0 Å². The summed E-state index contributed by atoms with van der Waals surface area (Å²) in [5.74, 6) is 0.152. The number of ether oxygens (including phenoxy) is 1. The molecule has 0 radical (unpaired) electrons. The average Bonchev–Trinajstić information content (AvgIpc) is 2.49. The molecule has 0 bridgehead atoms. The van der Waals surface area contributed by atoms with E-state index in [1.54, 1.807) is 0 Å². The highest BCUT2D eigenvalue weighted by Gasteiger charge is 2.27. The SMILES string of the molecule is CN1CCN(C(=O)CC2CNCCO2)c2ccccc21. The molecule has 0 saturated carbocycles. The molecule has 1 fully saturated rings. The predicted octanol–water partition coefficient (Wildman–Crippen LogP) is 0.848. The van der Waals surface area contributed by atoms with Gasteiger partial charge in [0.2, 0.25) is 5.91 Å². The van der Waals surface area contributed by atoms with Gasteiger partial charge in [-0.15, -0.1) is 0 Å². The Hall–Kier alpha value is -1.59. The van der Waals surface area contributed by atoms with Crippen molar-refractivity contribution in [3.05, 3.63) is 24.3 Å². The zero-order chi connectivity index (χ0) is 13.9. The second-order valence-corrected chi connectivity index (χ2v) is 5.36. The van der Waals surface area contributed by atoms with E-state index in [2.05, 4.69) is 23.3 Å². The predicted molar refractivity (Wildman–Crippen MR) is 79.3 cm³/mol. The van der Waals surface area contributed by atoms with E-state index in [1.165, 1.54) is 0 Å². The van der Waals surface area contributed by atoms with Crippen molar-refractivity contribution in [3.8, 4) is 0 Å². The molecule has 108 valence electrons. The van der Waals surface area contributed by atoms with Crippen LogP contribution >= 0.6 is 0 Å². The molecule has 1 N–H and O–H groups in total. The minimum atomic E-state index is 0.00284. The molecule has 1 atom stereocenters. The Balaban J connectivity index is 1.73. The van der Waals surface area contributed by atoms with E-state index in [-0.39, 0.29) is 12.0 Å². The summed E-state index contributed by atoms with van der Waals surface area (Å²) < 4.78 is 5.63. The van der Waals surface area contributed by atoms with Crippen molar-refractivity contribution in [3.63, 3.8) is 0 Å². The molecule has 1 saturated heterocycles. The van der Waals surface area contributed by atoms with Crippen LogP contribution < -0.4 is 15.1 Å². The number of nitrogens with zero attached hydrogens (tertiary/aromatic N) is 2. The van der Waals surface area contributed by atoms with Gasteiger partial charge in [0.05, 0.1) is 30.5 Å². The largest absolute Gasteiger partial charge is 0.375 e. The lowest BCUT2D eigenvalue weighted by Gasteiger charge is -2.36. The molecule has 2 aliphatic rings. The van der Waals surface area contributed by atoms with Crippen LogP contribution in [0.3, 0.4) is 0 Å². The van der Waals surface area contributed by atoms with Crippen molar-refractivity contribution in [2.24, 2.45) is 0 Å². The van der Waals surface area contributed by atoms with E-state index in [4.69, 9.17) is 4.74 Å². The topological polar surface area (TPSA) is 44.8 Å². The number of nitrogens with one attached hydrogen (secondary N) is 1. The van der Waals surface area contributed by atoms with Crippen LogP contribution in [-0.4, -0.2) is 51.8 Å². The van der Waals surface area contributed by atoms with Crippen LogP contribution in [-0.2, 0) is 9.53 Å². The number of fused-ring (bicyclic) bond motifs is 1. The van der Waals surface area contributed by atoms with Gasteiger partial charge >= 0.3 is 0 Å². The van der Waals surface area contributed by atoms with Gasteiger partial charge in [0.1, 0.15) is 0 Å². The van der Waals surface area contributed by atoms with Gasteiger partial charge in [-0.05, 0) is 12.1 Å². The number of morpholine rings is 1. The summed E-state index contributed by atoms with van der Waals surface area (Å²) in [4.78, 5) is 16.6. The summed E-state index contributed by atoms with van der Waals surface area (Å²) in [5, 5.41) is 3.27. The number of hydrogen-bond donors (Lipinski definition) is 1. The second kappa shape index (κ2) is 5.81. The molecule has 1 aromatic carbocycles. The van der Waals surface area contributed by atoms with E-state index in [0.717, 1.165) is 37.6 Å². The molecule has 2 aliphatic heterocycles. The maximum Gasteiger partial charge on any atom is 0.229 e. The lowest BCUT2D eigenvalue weighted by Crippen LogP contribution is -2.46. The molecule has 1 aromatic rings. The van der Waals surface area contributed by atoms with E-state index >= 15 is 0 Å². The van der Waals surface area contributed by atoms with Gasteiger partial charge in [0.15, 0.2) is 0 Å². The molecule has 1 unspecified atom stereocenters. The number of likely N-dealkylation sites (N-methyl/N-ethyl adjacent to an activating group) is 1. The van der Waals surface area contributed by atoms with Crippen molar-refractivity contribution in [2.75, 3.05) is 49.6 Å². The molecular formula is C15H21N3O2. The number of carbonyl (C=O) groups is 1. The summed E-state index contributed by atoms with van der Waals surface area (Å²) in [6.07, 6.45) is 0.452. The highest BCUT2D eigenvalue weighted by atomic mass is 16.5. The Kier molecular flexibility index (Phi) is 3.89. The number of hydrogen-bond acceptors (Lipinski definition) is 4. The first-order chi connectivity index (χ1) is 9.75. The zero-order valence-corrected chi connectivity index (χ0v) is 11.8. The fraction of sp³-hybridized carbons (Fsp3) is 0.533. The Labute approximate surface area is 119 Å². The van der Waals surface area contributed by atoms with Crippen LogP contribution in [0, 0.1) is 0 Å². The van der Waals surface area contributed by atoms with Gasteiger partial charge in [-0.3, -0.25) is 4.79 Å². The van der Waals surface area contributed by atoms with Crippen LogP contribution in [0.1, 0.15) is 6.42 Å². The van der Waals surface area contributed by atoms with E-state index in [0.29, 0.717) is 13.0 Å². The molecule has 2 heterocycles. The lowest BCUT2D eigenvalue weighted by atomic mass is 10.1. The van der Waals surface area contributed by atoms with Gasteiger partial charge in [-0.2, -0.15) is 0 Å². The highest BCUT2D eigenvalue weighted by molar-refractivity contribution is 5.98. The van der Waals surface area contributed by atoms with Crippen molar-refractivity contribution in [2.45, 2.75) is 12.5 Å². The third-order valence-electron chi connectivity index (χ3n) is 3.95. The normalized spacial score (nSPS) is 22.6. The molecule has 3 rings (SSSR count). The summed E-state index contributed by atoms with van der Waals surface area (Å²) in [7, 11) is 2.06. The molecule has 0 aromatic heterocycles. The first kappa shape index (κ1) is 13.4.